The molecule has 2 N–H and O–H groups in total. The Kier molecular flexibility index (Phi) is 3.45. The molecule has 8 heteroatoms. The minimum absolute atomic E-state index is 0.0725. The van der Waals surface area contributed by atoms with Gasteiger partial charge in [0.2, 0.25) is 10.0 Å². The average Bonchev–Trinajstić information content (AvgIpc) is 2.54. The van der Waals surface area contributed by atoms with E-state index in [2.05, 4.69) is 0 Å². The summed E-state index contributed by atoms with van der Waals surface area (Å²) in [6.45, 7) is 3.07. The van der Waals surface area contributed by atoms with Gasteiger partial charge in [-0.05, 0) is 32.0 Å². The van der Waals surface area contributed by atoms with Gasteiger partial charge in [-0.15, -0.1) is 0 Å². The van der Waals surface area contributed by atoms with Crippen molar-refractivity contribution in [2.24, 2.45) is 5.14 Å². The lowest BCUT2D eigenvalue weighted by atomic mass is 10.2. The fraction of sp³-hybridized carbons (Fsp3) is 0.167. The molecule has 0 unspecified atom stereocenters. The van der Waals surface area contributed by atoms with Crippen molar-refractivity contribution in [2.75, 3.05) is 4.90 Å². The maximum atomic E-state index is 12.0. The first kappa shape index (κ1) is 14.7. The summed E-state index contributed by atoms with van der Waals surface area (Å²) in [4.78, 5) is 24.6. The lowest BCUT2D eigenvalue weighted by Crippen LogP contribution is -2.31. The number of nitrogens with two attached hydrogens (primary N) is 1. The van der Waals surface area contributed by atoms with E-state index in [4.69, 9.17) is 16.7 Å². The molecule has 0 saturated carbocycles. The number of rotatable bonds is 2. The molecule has 0 spiro atoms. The normalized spacial score (nSPS) is 16.3. The first-order chi connectivity index (χ1) is 9.14. The predicted octanol–water partition coefficient (Wildman–Crippen LogP) is 1.20. The van der Waals surface area contributed by atoms with Crippen molar-refractivity contribution in [3.05, 3.63) is 34.4 Å². The Hall–Kier alpha value is -1.70. The second-order valence-electron chi connectivity index (χ2n) is 4.36. The van der Waals surface area contributed by atoms with Gasteiger partial charge in [-0.3, -0.25) is 9.59 Å². The van der Waals surface area contributed by atoms with E-state index in [1.54, 1.807) is 0 Å². The summed E-state index contributed by atoms with van der Waals surface area (Å²) in [7, 11) is -4.04. The number of carbonyl (C=O) groups is 2. The van der Waals surface area contributed by atoms with Gasteiger partial charge in [-0.2, -0.15) is 0 Å². The number of sulfonamides is 1. The maximum absolute atomic E-state index is 12.0. The Morgan fingerprint density at radius 3 is 2.05 bits per heavy atom. The van der Waals surface area contributed by atoms with Crippen LogP contribution in [0.1, 0.15) is 13.8 Å². The Morgan fingerprint density at radius 1 is 1.10 bits per heavy atom. The van der Waals surface area contributed by atoms with Crippen LogP contribution in [0.25, 0.3) is 0 Å². The highest BCUT2D eigenvalue weighted by molar-refractivity contribution is 7.89. The fourth-order valence-electron chi connectivity index (χ4n) is 1.83. The van der Waals surface area contributed by atoms with Crippen LogP contribution >= 0.6 is 11.6 Å². The quantitative estimate of drug-likeness (QED) is 0.829. The Labute approximate surface area is 120 Å². The van der Waals surface area contributed by atoms with Crippen molar-refractivity contribution in [3.63, 3.8) is 0 Å². The molecule has 106 valence electrons. The third kappa shape index (κ3) is 2.24. The molecule has 0 aromatic heterocycles. The molecule has 2 amide bonds. The number of amides is 2. The standard InChI is InChI=1S/C12H11ClN2O4S/c1-6-7(2)12(17)15(11(6)16)8-3-4-9(13)10(5-8)20(14,18)19/h3-5H,1-2H3,(H2,14,18,19). The summed E-state index contributed by atoms with van der Waals surface area (Å²) in [5, 5.41) is 4.97. The molecule has 1 aliphatic rings. The number of hydrogen-bond donors (Lipinski definition) is 1. The van der Waals surface area contributed by atoms with E-state index in [0.717, 1.165) is 11.0 Å². The number of hydrogen-bond acceptors (Lipinski definition) is 4. The van der Waals surface area contributed by atoms with Crippen LogP contribution in [-0.2, 0) is 19.6 Å². The van der Waals surface area contributed by atoms with E-state index < -0.39 is 21.8 Å². The summed E-state index contributed by atoms with van der Waals surface area (Å²) in [6, 6.07) is 3.78. The van der Waals surface area contributed by atoms with Crippen LogP contribution in [0.3, 0.4) is 0 Å². The minimum Gasteiger partial charge on any atom is -0.269 e. The zero-order valence-electron chi connectivity index (χ0n) is 10.7. The van der Waals surface area contributed by atoms with Crippen LogP contribution in [0.5, 0.6) is 0 Å². The van der Waals surface area contributed by atoms with Gasteiger partial charge >= 0.3 is 0 Å². The van der Waals surface area contributed by atoms with Gasteiger partial charge in [-0.1, -0.05) is 11.6 Å². The lowest BCUT2D eigenvalue weighted by molar-refractivity contribution is -0.120. The Morgan fingerprint density at radius 2 is 1.60 bits per heavy atom. The summed E-state index contributed by atoms with van der Waals surface area (Å²) in [5.41, 5.74) is 0.758. The molecule has 6 nitrogen and oxygen atoms in total. The van der Waals surface area contributed by atoms with Crippen molar-refractivity contribution < 1.29 is 18.0 Å². The molecular weight excluding hydrogens is 304 g/mol. The van der Waals surface area contributed by atoms with E-state index in [-0.39, 0.29) is 15.6 Å². The minimum atomic E-state index is -4.04. The number of imide groups is 1. The van der Waals surface area contributed by atoms with E-state index in [1.165, 1.54) is 26.0 Å². The summed E-state index contributed by atoms with van der Waals surface area (Å²) in [6.07, 6.45) is 0. The molecule has 1 aromatic rings. The van der Waals surface area contributed by atoms with Crippen molar-refractivity contribution in [2.45, 2.75) is 18.7 Å². The van der Waals surface area contributed by atoms with Crippen LogP contribution in [-0.4, -0.2) is 20.2 Å². The summed E-state index contributed by atoms with van der Waals surface area (Å²) < 4.78 is 22.8. The Balaban J connectivity index is 2.57. The lowest BCUT2D eigenvalue weighted by Gasteiger charge is -2.16. The number of nitrogens with zero attached hydrogens (tertiary/aromatic N) is 1. The zero-order valence-corrected chi connectivity index (χ0v) is 12.2. The molecule has 1 aromatic carbocycles. The molecule has 2 rings (SSSR count). The average molecular weight is 315 g/mol. The highest BCUT2D eigenvalue weighted by Gasteiger charge is 2.35. The number of halogens is 1. The largest absolute Gasteiger partial charge is 0.269 e. The van der Waals surface area contributed by atoms with Gasteiger partial charge in [0.05, 0.1) is 10.7 Å². The van der Waals surface area contributed by atoms with Gasteiger partial charge in [0.25, 0.3) is 11.8 Å². The van der Waals surface area contributed by atoms with Crippen LogP contribution in [0.4, 0.5) is 5.69 Å². The van der Waals surface area contributed by atoms with Crippen LogP contribution in [0, 0.1) is 0 Å². The topological polar surface area (TPSA) is 97.5 Å². The molecule has 0 fully saturated rings. The summed E-state index contributed by atoms with van der Waals surface area (Å²) >= 11 is 5.76. The summed E-state index contributed by atoms with van der Waals surface area (Å²) in [5.74, 6) is -0.981. The van der Waals surface area contributed by atoms with Gasteiger partial charge in [0.15, 0.2) is 0 Å². The highest BCUT2D eigenvalue weighted by Crippen LogP contribution is 2.31. The van der Waals surface area contributed by atoms with Crippen LogP contribution in [0.15, 0.2) is 34.2 Å². The van der Waals surface area contributed by atoms with Crippen molar-refractivity contribution in [1.29, 1.82) is 0 Å². The van der Waals surface area contributed by atoms with E-state index in [1.807, 2.05) is 0 Å². The van der Waals surface area contributed by atoms with Crippen molar-refractivity contribution >= 4 is 39.1 Å². The monoisotopic (exact) mass is 314 g/mol. The van der Waals surface area contributed by atoms with Gasteiger partial charge in [0.1, 0.15) is 4.90 Å². The first-order valence-corrected chi connectivity index (χ1v) is 7.45. The third-order valence-corrected chi connectivity index (χ3v) is 4.48. The molecule has 0 saturated heterocycles. The SMILES string of the molecule is CC1=C(C)C(=O)N(c2ccc(Cl)c(S(N)(=O)=O)c2)C1=O. The highest BCUT2D eigenvalue weighted by atomic mass is 35.5. The Bertz CT molecular complexity index is 744. The molecule has 0 bridgehead atoms. The molecule has 0 atom stereocenters. The molecule has 1 aliphatic heterocycles. The smallest absolute Gasteiger partial charge is 0.261 e. The molecule has 1 heterocycles. The predicted molar refractivity (Wildman–Crippen MR) is 73.7 cm³/mol. The van der Waals surface area contributed by atoms with Gasteiger partial charge in [-0.25, -0.2) is 18.5 Å². The second-order valence-corrected chi connectivity index (χ2v) is 6.29. The number of benzene rings is 1. The van der Waals surface area contributed by atoms with E-state index in [9.17, 15) is 18.0 Å². The first-order valence-electron chi connectivity index (χ1n) is 5.53. The van der Waals surface area contributed by atoms with E-state index in [0.29, 0.717) is 11.1 Å². The molecular formula is C12H11ClN2O4S. The third-order valence-electron chi connectivity index (χ3n) is 3.09. The van der Waals surface area contributed by atoms with E-state index >= 15 is 0 Å². The molecule has 20 heavy (non-hydrogen) atoms. The van der Waals surface area contributed by atoms with Crippen LogP contribution in [0.2, 0.25) is 5.02 Å². The fourth-order valence-corrected chi connectivity index (χ4v) is 2.90. The van der Waals surface area contributed by atoms with Gasteiger partial charge < -0.3 is 0 Å². The zero-order chi connectivity index (χ0) is 15.2. The number of carbonyl (C=O) groups excluding carboxylic acids is 2. The number of anilines is 1. The maximum Gasteiger partial charge on any atom is 0.261 e. The van der Waals surface area contributed by atoms with Crippen LogP contribution < -0.4 is 10.0 Å². The molecule has 0 radical (unpaired) electrons. The number of primary sulfonamides is 1. The van der Waals surface area contributed by atoms with Gasteiger partial charge in [0, 0.05) is 11.1 Å². The second kappa shape index (κ2) is 4.69. The van der Waals surface area contributed by atoms with Crippen molar-refractivity contribution in [3.8, 4) is 0 Å². The van der Waals surface area contributed by atoms with Crippen molar-refractivity contribution in [1.82, 2.24) is 0 Å². The molecule has 0 aliphatic carbocycles.